The van der Waals surface area contributed by atoms with E-state index in [4.69, 9.17) is 15.2 Å². The number of aromatic nitrogens is 2. The van der Waals surface area contributed by atoms with Crippen LogP contribution < -0.4 is 15.2 Å². The molecule has 0 atom stereocenters. The predicted molar refractivity (Wildman–Crippen MR) is 81.5 cm³/mol. The van der Waals surface area contributed by atoms with Gasteiger partial charge in [0.1, 0.15) is 5.82 Å². The Hall–Kier alpha value is -1.57. The number of halogens is 1. The van der Waals surface area contributed by atoms with Crippen LogP contribution in [0.4, 0.5) is 5.69 Å². The van der Waals surface area contributed by atoms with Crippen molar-refractivity contribution in [2.75, 3.05) is 20.0 Å². The first-order chi connectivity index (χ1) is 9.13. The molecule has 2 aromatic rings. The van der Waals surface area contributed by atoms with Gasteiger partial charge < -0.3 is 15.2 Å². The summed E-state index contributed by atoms with van der Waals surface area (Å²) in [4.78, 5) is 8.59. The molecule has 1 heterocycles. The van der Waals surface area contributed by atoms with Crippen LogP contribution in [0, 0.1) is 3.57 Å². The summed E-state index contributed by atoms with van der Waals surface area (Å²) in [7, 11) is 3.12. The lowest BCUT2D eigenvalue weighted by Gasteiger charge is -2.09. The van der Waals surface area contributed by atoms with Crippen molar-refractivity contribution in [1.82, 2.24) is 9.97 Å². The molecule has 6 heteroatoms. The molecule has 5 nitrogen and oxygen atoms in total. The van der Waals surface area contributed by atoms with E-state index in [0.717, 1.165) is 14.8 Å². The van der Waals surface area contributed by atoms with E-state index in [-0.39, 0.29) is 0 Å². The number of hydrogen-bond donors (Lipinski definition) is 1. The van der Waals surface area contributed by atoms with Gasteiger partial charge >= 0.3 is 0 Å². The molecule has 100 valence electrons. The zero-order valence-electron chi connectivity index (χ0n) is 10.7. The van der Waals surface area contributed by atoms with E-state index in [0.29, 0.717) is 24.0 Å². The van der Waals surface area contributed by atoms with Crippen LogP contribution in [-0.2, 0) is 6.42 Å². The number of nitrogens with two attached hydrogens (primary N) is 1. The second-order valence-electron chi connectivity index (χ2n) is 3.86. The van der Waals surface area contributed by atoms with Crippen LogP contribution in [0.15, 0.2) is 24.3 Å². The van der Waals surface area contributed by atoms with Gasteiger partial charge in [0, 0.05) is 15.7 Å². The van der Waals surface area contributed by atoms with E-state index in [1.54, 1.807) is 20.3 Å². The second-order valence-corrected chi connectivity index (χ2v) is 5.02. The van der Waals surface area contributed by atoms with Crippen molar-refractivity contribution in [2.24, 2.45) is 0 Å². The lowest BCUT2D eigenvalue weighted by Crippen LogP contribution is -2.04. The third kappa shape index (κ3) is 3.25. The Bertz CT molecular complexity index is 568. The van der Waals surface area contributed by atoms with Gasteiger partial charge in [-0.1, -0.05) is 12.1 Å². The van der Waals surface area contributed by atoms with Crippen LogP contribution in [-0.4, -0.2) is 24.2 Å². The molecular formula is C13H14IN3O2. The maximum Gasteiger partial charge on any atom is 0.220 e. The molecule has 0 saturated heterocycles. The van der Waals surface area contributed by atoms with E-state index in [2.05, 4.69) is 32.6 Å². The molecule has 0 aliphatic heterocycles. The fraction of sp³-hybridized carbons (Fsp3) is 0.231. The van der Waals surface area contributed by atoms with Gasteiger partial charge in [-0.15, -0.1) is 0 Å². The zero-order chi connectivity index (χ0) is 13.8. The van der Waals surface area contributed by atoms with E-state index in [9.17, 15) is 0 Å². The van der Waals surface area contributed by atoms with Crippen LogP contribution in [0.1, 0.15) is 11.4 Å². The van der Waals surface area contributed by atoms with Crippen LogP contribution in [0.25, 0.3) is 0 Å². The fourth-order valence-corrected chi connectivity index (χ4v) is 2.20. The summed E-state index contributed by atoms with van der Waals surface area (Å²) in [5.74, 6) is 1.57. The Morgan fingerprint density at radius 1 is 1.16 bits per heavy atom. The summed E-state index contributed by atoms with van der Waals surface area (Å²) >= 11 is 2.21. The smallest absolute Gasteiger partial charge is 0.220 e. The van der Waals surface area contributed by atoms with E-state index < -0.39 is 0 Å². The van der Waals surface area contributed by atoms with Crippen molar-refractivity contribution in [3.63, 3.8) is 0 Å². The molecule has 0 amide bonds. The Kier molecular flexibility index (Phi) is 4.41. The van der Waals surface area contributed by atoms with Crippen molar-refractivity contribution in [3.05, 3.63) is 39.2 Å². The van der Waals surface area contributed by atoms with Gasteiger partial charge in [0.2, 0.25) is 11.8 Å². The molecule has 0 radical (unpaired) electrons. The van der Waals surface area contributed by atoms with Crippen molar-refractivity contribution >= 4 is 28.3 Å². The first-order valence-electron chi connectivity index (χ1n) is 5.63. The highest BCUT2D eigenvalue weighted by atomic mass is 127. The monoisotopic (exact) mass is 371 g/mol. The lowest BCUT2D eigenvalue weighted by molar-refractivity contribution is 0.369. The number of ether oxygens (including phenoxy) is 2. The summed E-state index contributed by atoms with van der Waals surface area (Å²) in [6.45, 7) is 0. The molecule has 0 unspecified atom stereocenters. The molecule has 0 aliphatic carbocycles. The topological polar surface area (TPSA) is 70.3 Å². The quantitative estimate of drug-likeness (QED) is 0.660. The lowest BCUT2D eigenvalue weighted by atomic mass is 10.1. The highest BCUT2D eigenvalue weighted by Crippen LogP contribution is 2.23. The molecule has 2 rings (SSSR count). The number of anilines is 1. The van der Waals surface area contributed by atoms with Gasteiger partial charge in [0.05, 0.1) is 20.3 Å². The van der Waals surface area contributed by atoms with E-state index in [1.165, 1.54) is 0 Å². The molecule has 0 saturated carbocycles. The minimum Gasteiger partial charge on any atom is -0.481 e. The minimum absolute atomic E-state index is 0.478. The summed E-state index contributed by atoms with van der Waals surface area (Å²) in [5, 5.41) is 0. The summed E-state index contributed by atoms with van der Waals surface area (Å²) in [5.41, 5.74) is 7.79. The van der Waals surface area contributed by atoms with Crippen molar-refractivity contribution in [3.8, 4) is 11.8 Å². The number of para-hydroxylation sites is 1. The Labute approximate surface area is 125 Å². The third-order valence-corrected chi connectivity index (χ3v) is 3.58. The highest BCUT2D eigenvalue weighted by molar-refractivity contribution is 14.1. The van der Waals surface area contributed by atoms with Crippen LogP contribution in [0.3, 0.4) is 0 Å². The molecule has 0 bridgehead atoms. The first kappa shape index (κ1) is 13.9. The standard InChI is InChI=1S/C13H14IN3O2/c1-18-11-7-12(19-2)17-10(16-11)6-8-4-3-5-9(14)13(8)15/h3-5,7H,6,15H2,1-2H3. The van der Waals surface area contributed by atoms with Gasteiger partial charge in [-0.25, -0.2) is 0 Å². The summed E-state index contributed by atoms with van der Waals surface area (Å²) in [6.07, 6.45) is 0.538. The number of benzene rings is 1. The average molecular weight is 371 g/mol. The zero-order valence-corrected chi connectivity index (χ0v) is 12.8. The number of nitrogens with zero attached hydrogens (tertiary/aromatic N) is 2. The van der Waals surface area contributed by atoms with Gasteiger partial charge in [-0.05, 0) is 34.2 Å². The first-order valence-corrected chi connectivity index (χ1v) is 6.70. The van der Waals surface area contributed by atoms with Crippen molar-refractivity contribution in [1.29, 1.82) is 0 Å². The highest BCUT2D eigenvalue weighted by Gasteiger charge is 2.09. The molecule has 2 N–H and O–H groups in total. The van der Waals surface area contributed by atoms with Gasteiger partial charge in [-0.3, -0.25) is 0 Å². The Morgan fingerprint density at radius 2 is 1.79 bits per heavy atom. The van der Waals surface area contributed by atoms with Crippen molar-refractivity contribution < 1.29 is 9.47 Å². The van der Waals surface area contributed by atoms with Crippen LogP contribution in [0.5, 0.6) is 11.8 Å². The molecule has 1 aromatic carbocycles. The molecule has 0 fully saturated rings. The maximum absolute atomic E-state index is 6.05. The largest absolute Gasteiger partial charge is 0.481 e. The van der Waals surface area contributed by atoms with Crippen LogP contribution >= 0.6 is 22.6 Å². The summed E-state index contributed by atoms with van der Waals surface area (Å²) in [6, 6.07) is 7.53. The fourth-order valence-electron chi connectivity index (χ4n) is 1.64. The molecule has 19 heavy (non-hydrogen) atoms. The number of rotatable bonds is 4. The SMILES string of the molecule is COc1cc(OC)nc(Cc2cccc(I)c2N)n1. The number of methoxy groups -OCH3 is 2. The van der Waals surface area contributed by atoms with Crippen LogP contribution in [0.2, 0.25) is 0 Å². The molecule has 1 aromatic heterocycles. The Balaban J connectivity index is 2.34. The molecular weight excluding hydrogens is 357 g/mol. The number of hydrogen-bond acceptors (Lipinski definition) is 5. The van der Waals surface area contributed by atoms with Gasteiger partial charge in [-0.2, -0.15) is 9.97 Å². The number of nitrogen functional groups attached to an aromatic ring is 1. The Morgan fingerprint density at radius 3 is 2.37 bits per heavy atom. The predicted octanol–water partition coefficient (Wildman–Crippen LogP) is 2.27. The molecule has 0 spiro atoms. The maximum atomic E-state index is 6.05. The van der Waals surface area contributed by atoms with Crippen molar-refractivity contribution in [2.45, 2.75) is 6.42 Å². The average Bonchev–Trinajstić information content (AvgIpc) is 2.43. The van der Waals surface area contributed by atoms with E-state index >= 15 is 0 Å². The minimum atomic E-state index is 0.478. The van der Waals surface area contributed by atoms with Gasteiger partial charge in [0.15, 0.2) is 0 Å². The summed E-state index contributed by atoms with van der Waals surface area (Å²) < 4.78 is 11.3. The van der Waals surface area contributed by atoms with Gasteiger partial charge in [0.25, 0.3) is 0 Å². The normalized spacial score (nSPS) is 10.3. The molecule has 0 aliphatic rings. The second kappa shape index (κ2) is 6.05. The van der Waals surface area contributed by atoms with E-state index in [1.807, 2.05) is 18.2 Å². The third-order valence-electron chi connectivity index (χ3n) is 2.64.